The van der Waals surface area contributed by atoms with E-state index in [0.717, 1.165) is 24.7 Å². The van der Waals surface area contributed by atoms with Gasteiger partial charge in [-0.05, 0) is 30.9 Å². The van der Waals surface area contributed by atoms with Gasteiger partial charge in [-0.2, -0.15) is 0 Å². The summed E-state index contributed by atoms with van der Waals surface area (Å²) in [7, 11) is 0. The summed E-state index contributed by atoms with van der Waals surface area (Å²) in [5.41, 5.74) is 0.983. The van der Waals surface area contributed by atoms with Gasteiger partial charge in [0, 0.05) is 19.3 Å². The summed E-state index contributed by atoms with van der Waals surface area (Å²) in [5, 5.41) is 6.64. The molecule has 1 heterocycles. The van der Waals surface area contributed by atoms with Gasteiger partial charge in [0.05, 0.1) is 12.2 Å². The number of aliphatic imine (C=N–C) groups is 1. The van der Waals surface area contributed by atoms with Gasteiger partial charge in [-0.1, -0.05) is 26.8 Å². The minimum atomic E-state index is 0.603. The molecule has 106 valence electrons. The third-order valence-corrected chi connectivity index (χ3v) is 3.20. The summed E-state index contributed by atoms with van der Waals surface area (Å²) in [6.07, 6.45) is 1.80. The molecule has 0 unspecified atom stereocenters. The third-order valence-electron chi connectivity index (χ3n) is 3.20. The van der Waals surface area contributed by atoms with E-state index in [1.807, 2.05) is 18.2 Å². The Morgan fingerprint density at radius 3 is 2.63 bits per heavy atom. The summed E-state index contributed by atoms with van der Waals surface area (Å²) in [5.74, 6) is 2.16. The Bertz CT molecular complexity index is 373. The molecule has 0 aromatic carbocycles. The lowest BCUT2D eigenvalue weighted by atomic mass is 9.98. The van der Waals surface area contributed by atoms with Crippen LogP contribution in [0.4, 0.5) is 0 Å². The molecule has 0 bridgehead atoms. The monoisotopic (exact) mass is 262 g/mol. The molecule has 0 fully saturated rings. The molecule has 19 heavy (non-hydrogen) atoms. The van der Waals surface area contributed by atoms with E-state index < -0.39 is 0 Å². The van der Waals surface area contributed by atoms with Crippen LogP contribution in [0, 0.1) is 11.8 Å². The highest BCUT2D eigenvalue weighted by atomic mass is 15.2. The van der Waals surface area contributed by atoms with Crippen LogP contribution in [-0.2, 0) is 6.54 Å². The van der Waals surface area contributed by atoms with Gasteiger partial charge in [0.25, 0.3) is 0 Å². The van der Waals surface area contributed by atoms with Gasteiger partial charge in [0.2, 0.25) is 0 Å². The molecule has 0 spiro atoms. The number of nitrogens with zero attached hydrogens (tertiary/aromatic N) is 2. The van der Waals surface area contributed by atoms with Crippen LogP contribution >= 0.6 is 0 Å². The minimum absolute atomic E-state index is 0.603. The molecular formula is C15H26N4. The highest BCUT2D eigenvalue weighted by Gasteiger charge is 2.07. The van der Waals surface area contributed by atoms with Crippen LogP contribution in [0.2, 0.25) is 0 Å². The van der Waals surface area contributed by atoms with E-state index in [0.29, 0.717) is 18.4 Å². The quantitative estimate of drug-likeness (QED) is 0.611. The van der Waals surface area contributed by atoms with Crippen molar-refractivity contribution in [3.63, 3.8) is 0 Å². The molecule has 2 N–H and O–H groups in total. The molecule has 0 aliphatic carbocycles. The molecule has 1 aromatic rings. The molecule has 4 nitrogen and oxygen atoms in total. The highest BCUT2D eigenvalue weighted by Crippen LogP contribution is 2.07. The third kappa shape index (κ3) is 6.22. The van der Waals surface area contributed by atoms with E-state index in [-0.39, 0.29) is 0 Å². The normalized spacial score (nSPS) is 13.4. The van der Waals surface area contributed by atoms with Crippen LogP contribution < -0.4 is 10.6 Å². The van der Waals surface area contributed by atoms with Crippen molar-refractivity contribution >= 4 is 5.96 Å². The topological polar surface area (TPSA) is 49.3 Å². The Balaban J connectivity index is 2.51. The van der Waals surface area contributed by atoms with Gasteiger partial charge in [0.1, 0.15) is 0 Å². The van der Waals surface area contributed by atoms with Crippen molar-refractivity contribution in [1.29, 1.82) is 0 Å². The van der Waals surface area contributed by atoms with E-state index in [4.69, 9.17) is 0 Å². The Morgan fingerprint density at radius 2 is 2.05 bits per heavy atom. The average Bonchev–Trinajstić information content (AvgIpc) is 2.42. The first kappa shape index (κ1) is 15.5. The van der Waals surface area contributed by atoms with E-state index in [9.17, 15) is 0 Å². The maximum absolute atomic E-state index is 4.55. The van der Waals surface area contributed by atoms with Crippen molar-refractivity contribution in [2.75, 3.05) is 13.1 Å². The lowest BCUT2D eigenvalue weighted by molar-refractivity contribution is 0.413. The fourth-order valence-electron chi connectivity index (χ4n) is 1.49. The molecule has 0 radical (unpaired) electrons. The Labute approximate surface area is 116 Å². The number of aromatic nitrogens is 1. The maximum Gasteiger partial charge on any atom is 0.191 e. The molecule has 1 rings (SSSR count). The van der Waals surface area contributed by atoms with E-state index in [1.165, 1.54) is 0 Å². The Kier molecular flexibility index (Phi) is 6.93. The molecule has 0 aliphatic rings. The zero-order valence-electron chi connectivity index (χ0n) is 12.5. The van der Waals surface area contributed by atoms with Crippen molar-refractivity contribution in [2.24, 2.45) is 16.8 Å². The summed E-state index contributed by atoms with van der Waals surface area (Å²) in [4.78, 5) is 8.82. The van der Waals surface area contributed by atoms with E-state index in [1.54, 1.807) is 6.20 Å². The van der Waals surface area contributed by atoms with Gasteiger partial charge in [0.15, 0.2) is 5.96 Å². The minimum Gasteiger partial charge on any atom is -0.357 e. The number of hydrogen-bond donors (Lipinski definition) is 2. The van der Waals surface area contributed by atoms with Crippen LogP contribution in [0.3, 0.4) is 0 Å². The SMILES string of the molecule is CCNC(=NCc1ccccn1)NC[C@@H](C)C(C)C. The molecule has 1 aromatic heterocycles. The zero-order valence-corrected chi connectivity index (χ0v) is 12.5. The highest BCUT2D eigenvalue weighted by molar-refractivity contribution is 5.79. The van der Waals surface area contributed by atoms with Crippen molar-refractivity contribution in [2.45, 2.75) is 34.2 Å². The van der Waals surface area contributed by atoms with Crippen LogP contribution in [-0.4, -0.2) is 24.0 Å². The fourth-order valence-corrected chi connectivity index (χ4v) is 1.49. The molecule has 0 aliphatic heterocycles. The summed E-state index contributed by atoms with van der Waals surface area (Å²) in [6, 6.07) is 5.89. The summed E-state index contributed by atoms with van der Waals surface area (Å²) < 4.78 is 0. The van der Waals surface area contributed by atoms with Crippen LogP contribution in [0.25, 0.3) is 0 Å². The number of hydrogen-bond acceptors (Lipinski definition) is 2. The molecule has 0 saturated heterocycles. The lowest BCUT2D eigenvalue weighted by Crippen LogP contribution is -2.40. The molecule has 1 atom stereocenters. The summed E-state index contributed by atoms with van der Waals surface area (Å²) in [6.45, 7) is 11.2. The van der Waals surface area contributed by atoms with Crippen molar-refractivity contribution in [1.82, 2.24) is 15.6 Å². The summed E-state index contributed by atoms with van der Waals surface area (Å²) >= 11 is 0. The first-order valence-electron chi connectivity index (χ1n) is 7.05. The van der Waals surface area contributed by atoms with Crippen LogP contribution in [0.1, 0.15) is 33.4 Å². The molecule has 0 amide bonds. The number of guanidine groups is 1. The van der Waals surface area contributed by atoms with Gasteiger partial charge < -0.3 is 10.6 Å². The first-order valence-corrected chi connectivity index (χ1v) is 7.05. The second-order valence-electron chi connectivity index (χ2n) is 5.12. The number of rotatable bonds is 6. The van der Waals surface area contributed by atoms with Crippen molar-refractivity contribution in [3.8, 4) is 0 Å². The smallest absolute Gasteiger partial charge is 0.191 e. The Morgan fingerprint density at radius 1 is 1.26 bits per heavy atom. The predicted octanol–water partition coefficient (Wildman–Crippen LogP) is 2.43. The fraction of sp³-hybridized carbons (Fsp3) is 0.600. The second-order valence-corrected chi connectivity index (χ2v) is 5.12. The number of nitrogens with one attached hydrogen (secondary N) is 2. The predicted molar refractivity (Wildman–Crippen MR) is 81.1 cm³/mol. The van der Waals surface area contributed by atoms with E-state index in [2.05, 4.69) is 48.3 Å². The zero-order chi connectivity index (χ0) is 14.1. The lowest BCUT2D eigenvalue weighted by Gasteiger charge is -2.18. The van der Waals surface area contributed by atoms with Crippen molar-refractivity contribution in [3.05, 3.63) is 30.1 Å². The average molecular weight is 262 g/mol. The first-order chi connectivity index (χ1) is 9.13. The second kappa shape index (κ2) is 8.51. The molecule has 0 saturated carbocycles. The van der Waals surface area contributed by atoms with Crippen LogP contribution in [0.15, 0.2) is 29.4 Å². The van der Waals surface area contributed by atoms with E-state index >= 15 is 0 Å². The van der Waals surface area contributed by atoms with Gasteiger partial charge in [-0.15, -0.1) is 0 Å². The standard InChI is InChI=1S/C15H26N4/c1-5-16-15(18-10-13(4)12(2)3)19-11-14-8-6-7-9-17-14/h6-9,12-13H,5,10-11H2,1-4H3,(H2,16,18,19)/t13-/m1/s1. The van der Waals surface area contributed by atoms with Gasteiger partial charge in [-0.3, -0.25) is 4.98 Å². The number of pyridine rings is 1. The molecular weight excluding hydrogens is 236 g/mol. The largest absolute Gasteiger partial charge is 0.357 e. The van der Waals surface area contributed by atoms with Gasteiger partial charge in [-0.25, -0.2) is 4.99 Å². The Hall–Kier alpha value is -1.58. The van der Waals surface area contributed by atoms with Crippen molar-refractivity contribution < 1.29 is 0 Å². The van der Waals surface area contributed by atoms with Crippen LogP contribution in [0.5, 0.6) is 0 Å². The van der Waals surface area contributed by atoms with Gasteiger partial charge >= 0.3 is 0 Å². The molecule has 4 heteroatoms. The maximum atomic E-state index is 4.55.